The number of hydrogen-bond acceptors (Lipinski definition) is 4. The van der Waals surface area contributed by atoms with Gasteiger partial charge in [0.1, 0.15) is 11.9 Å². The predicted molar refractivity (Wildman–Crippen MR) is 50.8 cm³/mol. The van der Waals surface area contributed by atoms with Gasteiger partial charge in [0.05, 0.1) is 6.10 Å². The highest BCUT2D eigenvalue weighted by atomic mass is 19.1. The summed E-state index contributed by atoms with van der Waals surface area (Å²) in [6, 6.07) is 4.04. The molecule has 0 bridgehead atoms. The molecule has 0 spiro atoms. The number of nitrogen functional groups attached to an aromatic ring is 1. The Labute approximate surface area is 81.0 Å². The van der Waals surface area contributed by atoms with E-state index in [1.807, 2.05) is 0 Å². The summed E-state index contributed by atoms with van der Waals surface area (Å²) in [5.41, 5.74) is 10.6. The minimum atomic E-state index is -1.39. The van der Waals surface area contributed by atoms with Gasteiger partial charge in [-0.15, -0.1) is 0 Å². The number of hydrogen-bond donors (Lipinski definition) is 4. The van der Waals surface area contributed by atoms with E-state index >= 15 is 0 Å². The first kappa shape index (κ1) is 10.9. The topological polar surface area (TPSA) is 92.5 Å². The first-order valence-electron chi connectivity index (χ1n) is 4.18. The lowest BCUT2D eigenvalue weighted by molar-refractivity contribution is 0.0227. The molecule has 0 heterocycles. The summed E-state index contributed by atoms with van der Waals surface area (Å²) in [5, 5.41) is 18.7. The normalized spacial score (nSPS) is 15.1. The van der Waals surface area contributed by atoms with E-state index < -0.39 is 18.0 Å². The van der Waals surface area contributed by atoms with Crippen LogP contribution in [0.2, 0.25) is 0 Å². The zero-order chi connectivity index (χ0) is 10.7. The summed E-state index contributed by atoms with van der Waals surface area (Å²) >= 11 is 0. The van der Waals surface area contributed by atoms with Gasteiger partial charge in [0.2, 0.25) is 0 Å². The molecular formula is C9H13FN2O2. The maximum Gasteiger partial charge on any atom is 0.131 e. The highest BCUT2D eigenvalue weighted by Gasteiger charge is 2.22. The largest absolute Gasteiger partial charge is 0.398 e. The third-order valence-electron chi connectivity index (χ3n) is 1.99. The maximum atomic E-state index is 13.2. The molecule has 5 heteroatoms. The van der Waals surface area contributed by atoms with Gasteiger partial charge in [-0.1, -0.05) is 6.07 Å². The third kappa shape index (κ3) is 2.01. The van der Waals surface area contributed by atoms with E-state index in [-0.39, 0.29) is 17.8 Å². The molecule has 2 unspecified atom stereocenters. The van der Waals surface area contributed by atoms with Crippen molar-refractivity contribution in [2.24, 2.45) is 5.73 Å². The SMILES string of the molecule is NCC(O)C(O)c1c(N)cccc1F. The maximum absolute atomic E-state index is 13.2. The molecule has 1 aromatic rings. The summed E-state index contributed by atoms with van der Waals surface area (Å²) in [6.45, 7) is -0.158. The number of anilines is 1. The van der Waals surface area contributed by atoms with Crippen LogP contribution in [0.3, 0.4) is 0 Å². The fourth-order valence-corrected chi connectivity index (χ4v) is 1.19. The van der Waals surface area contributed by atoms with Crippen molar-refractivity contribution < 1.29 is 14.6 Å². The second-order valence-electron chi connectivity index (χ2n) is 2.99. The highest BCUT2D eigenvalue weighted by Crippen LogP contribution is 2.25. The van der Waals surface area contributed by atoms with Gasteiger partial charge in [-0.05, 0) is 12.1 Å². The Balaban J connectivity index is 3.05. The van der Waals surface area contributed by atoms with Crippen LogP contribution in [-0.4, -0.2) is 22.9 Å². The van der Waals surface area contributed by atoms with E-state index in [1.54, 1.807) is 0 Å². The Kier molecular flexibility index (Phi) is 3.40. The highest BCUT2D eigenvalue weighted by molar-refractivity contribution is 5.48. The molecule has 2 atom stereocenters. The van der Waals surface area contributed by atoms with Crippen molar-refractivity contribution in [3.8, 4) is 0 Å². The number of rotatable bonds is 3. The number of benzene rings is 1. The Morgan fingerprint density at radius 3 is 2.50 bits per heavy atom. The van der Waals surface area contributed by atoms with Gasteiger partial charge in [0, 0.05) is 17.8 Å². The smallest absolute Gasteiger partial charge is 0.131 e. The van der Waals surface area contributed by atoms with E-state index in [4.69, 9.17) is 11.5 Å². The Morgan fingerprint density at radius 2 is 2.00 bits per heavy atom. The minimum Gasteiger partial charge on any atom is -0.398 e. The second kappa shape index (κ2) is 4.36. The lowest BCUT2D eigenvalue weighted by atomic mass is 10.0. The van der Waals surface area contributed by atoms with Gasteiger partial charge in [-0.25, -0.2) is 4.39 Å². The third-order valence-corrected chi connectivity index (χ3v) is 1.99. The number of aliphatic hydroxyl groups is 2. The van der Waals surface area contributed by atoms with Gasteiger partial charge in [-0.3, -0.25) is 0 Å². The molecule has 0 aliphatic rings. The minimum absolute atomic E-state index is 0.102. The Bertz CT molecular complexity index is 299. The van der Waals surface area contributed by atoms with Crippen LogP contribution >= 0.6 is 0 Å². The summed E-state index contributed by atoms with van der Waals surface area (Å²) in [6.07, 6.45) is -2.60. The van der Waals surface area contributed by atoms with Crippen molar-refractivity contribution in [3.63, 3.8) is 0 Å². The Morgan fingerprint density at radius 1 is 1.36 bits per heavy atom. The second-order valence-corrected chi connectivity index (χ2v) is 2.99. The summed E-state index contributed by atoms with van der Waals surface area (Å²) in [4.78, 5) is 0. The first-order chi connectivity index (χ1) is 6.57. The van der Waals surface area contributed by atoms with Crippen molar-refractivity contribution in [2.75, 3.05) is 12.3 Å². The molecule has 78 valence electrons. The molecule has 6 N–H and O–H groups in total. The van der Waals surface area contributed by atoms with Crippen molar-refractivity contribution in [1.82, 2.24) is 0 Å². The molecule has 4 nitrogen and oxygen atoms in total. The fourth-order valence-electron chi connectivity index (χ4n) is 1.19. The molecule has 0 fully saturated rings. The van der Waals surface area contributed by atoms with Gasteiger partial charge < -0.3 is 21.7 Å². The van der Waals surface area contributed by atoms with Gasteiger partial charge in [0.15, 0.2) is 0 Å². The van der Waals surface area contributed by atoms with Crippen molar-refractivity contribution in [3.05, 3.63) is 29.6 Å². The molecule has 0 aliphatic carbocycles. The number of halogens is 1. The zero-order valence-electron chi connectivity index (χ0n) is 7.52. The van der Waals surface area contributed by atoms with Gasteiger partial charge in [-0.2, -0.15) is 0 Å². The molecule has 1 aromatic carbocycles. The Hall–Kier alpha value is -1.17. The number of aliphatic hydroxyl groups excluding tert-OH is 2. The first-order valence-corrected chi connectivity index (χ1v) is 4.18. The molecule has 0 saturated heterocycles. The van der Waals surface area contributed by atoms with Crippen molar-refractivity contribution in [1.29, 1.82) is 0 Å². The lowest BCUT2D eigenvalue weighted by Gasteiger charge is -2.18. The van der Waals surface area contributed by atoms with E-state index in [1.165, 1.54) is 12.1 Å². The van der Waals surface area contributed by atoms with Crippen LogP contribution in [-0.2, 0) is 0 Å². The molecule has 0 radical (unpaired) electrons. The van der Waals surface area contributed by atoms with Gasteiger partial charge >= 0.3 is 0 Å². The zero-order valence-corrected chi connectivity index (χ0v) is 7.52. The van der Waals surface area contributed by atoms with Crippen LogP contribution in [0, 0.1) is 5.82 Å². The van der Waals surface area contributed by atoms with Crippen molar-refractivity contribution >= 4 is 5.69 Å². The molecule has 0 aromatic heterocycles. The standard InChI is InChI=1S/C9H13FN2O2/c10-5-2-1-3-6(12)8(5)9(14)7(13)4-11/h1-3,7,9,13-14H,4,11-12H2. The monoisotopic (exact) mass is 200 g/mol. The average Bonchev–Trinajstić information content (AvgIpc) is 2.16. The number of nitrogens with two attached hydrogens (primary N) is 2. The average molecular weight is 200 g/mol. The van der Waals surface area contributed by atoms with Crippen LogP contribution in [0.1, 0.15) is 11.7 Å². The van der Waals surface area contributed by atoms with Crippen LogP contribution in [0.25, 0.3) is 0 Å². The van der Waals surface area contributed by atoms with Gasteiger partial charge in [0.25, 0.3) is 0 Å². The van der Waals surface area contributed by atoms with E-state index in [0.29, 0.717) is 0 Å². The lowest BCUT2D eigenvalue weighted by Crippen LogP contribution is -2.28. The molecule has 0 amide bonds. The molecule has 14 heavy (non-hydrogen) atoms. The van der Waals surface area contributed by atoms with Crippen LogP contribution in [0.15, 0.2) is 18.2 Å². The predicted octanol–water partition coefficient (Wildman–Crippen LogP) is -0.239. The summed E-state index contributed by atoms with van der Waals surface area (Å²) in [7, 11) is 0. The summed E-state index contributed by atoms with van der Waals surface area (Å²) < 4.78 is 13.2. The van der Waals surface area contributed by atoms with E-state index in [2.05, 4.69) is 0 Å². The summed E-state index contributed by atoms with van der Waals surface area (Å²) in [5.74, 6) is -0.648. The van der Waals surface area contributed by atoms with Crippen LogP contribution in [0.5, 0.6) is 0 Å². The van der Waals surface area contributed by atoms with Crippen LogP contribution < -0.4 is 11.5 Å². The van der Waals surface area contributed by atoms with Crippen LogP contribution in [0.4, 0.5) is 10.1 Å². The molecule has 0 aliphatic heterocycles. The molecule has 0 saturated carbocycles. The van der Waals surface area contributed by atoms with Crippen molar-refractivity contribution in [2.45, 2.75) is 12.2 Å². The quantitative estimate of drug-likeness (QED) is 0.507. The van der Waals surface area contributed by atoms with E-state index in [0.717, 1.165) is 6.07 Å². The molecular weight excluding hydrogens is 187 g/mol. The van der Waals surface area contributed by atoms with E-state index in [9.17, 15) is 14.6 Å². The molecule has 1 rings (SSSR count). The fraction of sp³-hybridized carbons (Fsp3) is 0.333.